The highest BCUT2D eigenvalue weighted by Crippen LogP contribution is 2.24. The smallest absolute Gasteiger partial charge is 0.274 e. The van der Waals surface area contributed by atoms with Crippen molar-refractivity contribution < 1.29 is 0 Å². The lowest BCUT2D eigenvalue weighted by molar-refractivity contribution is 0.590. The maximum atomic E-state index is 12.2. The van der Waals surface area contributed by atoms with Crippen LogP contribution in [-0.2, 0) is 5.41 Å². The molecule has 1 heterocycles. The first-order chi connectivity index (χ1) is 9.95. The van der Waals surface area contributed by atoms with E-state index in [0.29, 0.717) is 5.69 Å². The van der Waals surface area contributed by atoms with Crippen molar-refractivity contribution in [3.63, 3.8) is 0 Å². The molecule has 0 saturated heterocycles. The molecule has 0 fully saturated rings. The monoisotopic (exact) mass is 278 g/mol. The number of nitrogens with zero attached hydrogens (tertiary/aromatic N) is 1. The lowest BCUT2D eigenvalue weighted by Gasteiger charge is -2.19. The fraction of sp³-hybridized carbons (Fsp3) is 0.222. The molecule has 0 radical (unpaired) electrons. The van der Waals surface area contributed by atoms with Gasteiger partial charge in [-0.1, -0.05) is 57.2 Å². The standard InChI is InChI=1S/C18H18N2O/c1-18(2,3)13-10-8-12(9-11-13)16-17(21)20-15-7-5-4-6-14(15)19-16/h4-11H,1-3H3,(H,20,21). The number of nitrogens with one attached hydrogen (secondary N) is 1. The van der Waals surface area contributed by atoms with E-state index in [1.165, 1.54) is 5.56 Å². The summed E-state index contributed by atoms with van der Waals surface area (Å²) in [4.78, 5) is 19.6. The first-order valence-corrected chi connectivity index (χ1v) is 7.05. The molecule has 3 nitrogen and oxygen atoms in total. The summed E-state index contributed by atoms with van der Waals surface area (Å²) in [6.45, 7) is 6.51. The van der Waals surface area contributed by atoms with Gasteiger partial charge in [0, 0.05) is 5.56 Å². The first kappa shape index (κ1) is 13.6. The molecule has 3 aromatic rings. The number of aromatic amines is 1. The Hall–Kier alpha value is -2.42. The molecule has 0 atom stereocenters. The molecule has 2 aromatic carbocycles. The molecule has 0 aliphatic heterocycles. The lowest BCUT2D eigenvalue weighted by atomic mass is 9.86. The maximum Gasteiger partial charge on any atom is 0.274 e. The Morgan fingerprint density at radius 3 is 2.29 bits per heavy atom. The fourth-order valence-corrected chi connectivity index (χ4v) is 2.35. The van der Waals surface area contributed by atoms with E-state index in [1.807, 2.05) is 36.4 Å². The van der Waals surface area contributed by atoms with Gasteiger partial charge in [0.15, 0.2) is 0 Å². The summed E-state index contributed by atoms with van der Waals surface area (Å²) in [5, 5.41) is 0. The summed E-state index contributed by atoms with van der Waals surface area (Å²) in [7, 11) is 0. The van der Waals surface area contributed by atoms with Crippen molar-refractivity contribution in [2.24, 2.45) is 0 Å². The minimum atomic E-state index is -0.155. The third-order valence-electron chi connectivity index (χ3n) is 3.62. The maximum absolute atomic E-state index is 12.2. The number of rotatable bonds is 1. The summed E-state index contributed by atoms with van der Waals surface area (Å²) in [5.41, 5.74) is 4.05. The molecule has 0 aliphatic carbocycles. The van der Waals surface area contributed by atoms with Crippen molar-refractivity contribution in [2.75, 3.05) is 0 Å². The molecule has 3 heteroatoms. The number of H-pyrrole nitrogens is 1. The quantitative estimate of drug-likeness (QED) is 0.734. The summed E-state index contributed by atoms with van der Waals surface area (Å²) < 4.78 is 0. The van der Waals surface area contributed by atoms with Gasteiger partial charge in [0.2, 0.25) is 0 Å². The van der Waals surface area contributed by atoms with Crippen LogP contribution in [0.15, 0.2) is 53.3 Å². The van der Waals surface area contributed by atoms with Gasteiger partial charge in [0.25, 0.3) is 5.56 Å². The topological polar surface area (TPSA) is 45.8 Å². The Kier molecular flexibility index (Phi) is 3.13. The minimum Gasteiger partial charge on any atom is -0.319 e. The van der Waals surface area contributed by atoms with Crippen LogP contribution in [0.25, 0.3) is 22.3 Å². The van der Waals surface area contributed by atoms with E-state index < -0.39 is 0 Å². The van der Waals surface area contributed by atoms with Gasteiger partial charge in [-0.25, -0.2) is 4.98 Å². The molecule has 0 aliphatic rings. The average Bonchev–Trinajstić information content (AvgIpc) is 2.46. The molecule has 21 heavy (non-hydrogen) atoms. The number of para-hydroxylation sites is 2. The van der Waals surface area contributed by atoms with Gasteiger partial charge >= 0.3 is 0 Å². The third-order valence-corrected chi connectivity index (χ3v) is 3.62. The second kappa shape index (κ2) is 4.85. The average molecular weight is 278 g/mol. The van der Waals surface area contributed by atoms with E-state index in [0.717, 1.165) is 16.6 Å². The number of hydrogen-bond donors (Lipinski definition) is 1. The number of hydrogen-bond acceptors (Lipinski definition) is 2. The molecule has 0 spiro atoms. The Morgan fingerprint density at radius 2 is 1.62 bits per heavy atom. The summed E-state index contributed by atoms with van der Waals surface area (Å²) in [6, 6.07) is 15.6. The largest absolute Gasteiger partial charge is 0.319 e. The van der Waals surface area contributed by atoms with Gasteiger partial charge in [-0.15, -0.1) is 0 Å². The van der Waals surface area contributed by atoms with Crippen molar-refractivity contribution in [2.45, 2.75) is 26.2 Å². The molecular formula is C18H18N2O. The van der Waals surface area contributed by atoms with Gasteiger partial charge < -0.3 is 4.98 Å². The second-order valence-corrected chi connectivity index (χ2v) is 6.26. The normalized spacial score (nSPS) is 11.8. The van der Waals surface area contributed by atoms with Crippen LogP contribution < -0.4 is 5.56 Å². The molecular weight excluding hydrogens is 260 g/mol. The van der Waals surface area contributed by atoms with Crippen molar-refractivity contribution in [3.05, 3.63) is 64.4 Å². The SMILES string of the molecule is CC(C)(C)c1ccc(-c2nc3ccccc3[nH]c2=O)cc1. The van der Waals surface area contributed by atoms with Gasteiger partial charge in [0.05, 0.1) is 11.0 Å². The van der Waals surface area contributed by atoms with E-state index in [1.54, 1.807) is 0 Å². The van der Waals surface area contributed by atoms with Crippen molar-refractivity contribution >= 4 is 11.0 Å². The predicted molar refractivity (Wildman–Crippen MR) is 86.5 cm³/mol. The van der Waals surface area contributed by atoms with Gasteiger partial charge in [-0.3, -0.25) is 4.79 Å². The lowest BCUT2D eigenvalue weighted by Crippen LogP contribution is -2.13. The number of benzene rings is 2. The zero-order valence-electron chi connectivity index (χ0n) is 12.5. The summed E-state index contributed by atoms with van der Waals surface area (Å²) >= 11 is 0. The highest BCUT2D eigenvalue weighted by Gasteiger charge is 2.14. The van der Waals surface area contributed by atoms with Crippen LogP contribution in [0.3, 0.4) is 0 Å². The molecule has 1 N–H and O–H groups in total. The second-order valence-electron chi connectivity index (χ2n) is 6.26. The Labute approximate surface area is 123 Å². The summed E-state index contributed by atoms with van der Waals surface area (Å²) in [5.74, 6) is 0. The summed E-state index contributed by atoms with van der Waals surface area (Å²) in [6.07, 6.45) is 0. The predicted octanol–water partition coefficient (Wildman–Crippen LogP) is 3.89. The van der Waals surface area contributed by atoms with E-state index >= 15 is 0 Å². The van der Waals surface area contributed by atoms with Crippen LogP contribution in [0.2, 0.25) is 0 Å². The van der Waals surface area contributed by atoms with E-state index in [2.05, 4.69) is 42.9 Å². The number of fused-ring (bicyclic) bond motifs is 1. The van der Waals surface area contributed by atoms with E-state index in [-0.39, 0.29) is 11.0 Å². The van der Waals surface area contributed by atoms with E-state index in [4.69, 9.17) is 0 Å². The molecule has 0 unspecified atom stereocenters. The van der Waals surface area contributed by atoms with Crippen molar-refractivity contribution in [3.8, 4) is 11.3 Å². The van der Waals surface area contributed by atoms with Gasteiger partial charge in [-0.2, -0.15) is 0 Å². The highest BCUT2D eigenvalue weighted by molar-refractivity contribution is 5.76. The Morgan fingerprint density at radius 1 is 0.952 bits per heavy atom. The molecule has 106 valence electrons. The van der Waals surface area contributed by atoms with Crippen LogP contribution in [0.4, 0.5) is 0 Å². The zero-order chi connectivity index (χ0) is 15.0. The number of aromatic nitrogens is 2. The zero-order valence-corrected chi connectivity index (χ0v) is 12.5. The van der Waals surface area contributed by atoms with E-state index in [9.17, 15) is 4.79 Å². The molecule has 3 rings (SSSR count). The van der Waals surface area contributed by atoms with Crippen LogP contribution in [0, 0.1) is 0 Å². The van der Waals surface area contributed by atoms with Gasteiger partial charge in [-0.05, 0) is 23.1 Å². The van der Waals surface area contributed by atoms with Crippen LogP contribution in [0.1, 0.15) is 26.3 Å². The Bertz CT molecular complexity index is 839. The van der Waals surface area contributed by atoms with Crippen LogP contribution in [-0.4, -0.2) is 9.97 Å². The molecule has 0 bridgehead atoms. The third kappa shape index (κ3) is 2.59. The first-order valence-electron chi connectivity index (χ1n) is 7.05. The minimum absolute atomic E-state index is 0.0990. The molecule has 1 aromatic heterocycles. The molecule has 0 amide bonds. The van der Waals surface area contributed by atoms with Crippen molar-refractivity contribution in [1.29, 1.82) is 0 Å². The van der Waals surface area contributed by atoms with Crippen LogP contribution in [0.5, 0.6) is 0 Å². The van der Waals surface area contributed by atoms with Crippen LogP contribution >= 0.6 is 0 Å². The highest BCUT2D eigenvalue weighted by atomic mass is 16.1. The van der Waals surface area contributed by atoms with Gasteiger partial charge in [0.1, 0.15) is 5.69 Å². The van der Waals surface area contributed by atoms with Crippen molar-refractivity contribution in [1.82, 2.24) is 9.97 Å². The Balaban J connectivity index is 2.12. The fourth-order valence-electron chi connectivity index (χ4n) is 2.35. The molecule has 0 saturated carbocycles.